The van der Waals surface area contributed by atoms with Gasteiger partial charge in [-0.3, -0.25) is 4.79 Å². The van der Waals surface area contributed by atoms with Gasteiger partial charge in [-0.25, -0.2) is 4.39 Å². The van der Waals surface area contributed by atoms with Crippen LogP contribution in [0.4, 0.5) is 4.39 Å². The van der Waals surface area contributed by atoms with E-state index in [1.807, 2.05) is 0 Å². The first-order valence-corrected chi connectivity index (χ1v) is 5.96. The highest BCUT2D eigenvalue weighted by atomic mass is 19.1. The lowest BCUT2D eigenvalue weighted by molar-refractivity contribution is -0.120. The van der Waals surface area contributed by atoms with Crippen molar-refractivity contribution in [3.8, 4) is 0 Å². The van der Waals surface area contributed by atoms with Gasteiger partial charge in [-0.05, 0) is 43.0 Å². The predicted octanol–water partition coefficient (Wildman–Crippen LogP) is 1.44. The van der Waals surface area contributed by atoms with Crippen molar-refractivity contribution in [1.82, 2.24) is 10.6 Å². The molecule has 0 saturated heterocycles. The highest BCUT2D eigenvalue weighted by Crippen LogP contribution is 2.27. The number of carbonyl (C=O) groups excluding carboxylic acids is 1. The molecule has 0 bridgehead atoms. The molecule has 3 nitrogen and oxygen atoms in total. The highest BCUT2D eigenvalue weighted by Gasteiger charge is 2.20. The molecule has 1 amide bonds. The van der Waals surface area contributed by atoms with Crippen molar-refractivity contribution in [1.29, 1.82) is 0 Å². The summed E-state index contributed by atoms with van der Waals surface area (Å²) in [7, 11) is 0. The Kier molecular flexibility index (Phi) is 4.09. The SMILES string of the molecule is O=C(CNCC1CC1)NCc1ccc(F)cc1. The summed E-state index contributed by atoms with van der Waals surface area (Å²) in [6.45, 7) is 1.74. The van der Waals surface area contributed by atoms with Crippen LogP contribution in [0.25, 0.3) is 0 Å². The number of hydrogen-bond donors (Lipinski definition) is 2. The maximum atomic E-state index is 12.6. The normalized spacial score (nSPS) is 14.6. The molecule has 1 aliphatic rings. The van der Waals surface area contributed by atoms with E-state index in [1.54, 1.807) is 12.1 Å². The van der Waals surface area contributed by atoms with Crippen molar-refractivity contribution in [2.75, 3.05) is 13.1 Å². The van der Waals surface area contributed by atoms with Gasteiger partial charge in [0.25, 0.3) is 0 Å². The molecule has 17 heavy (non-hydrogen) atoms. The van der Waals surface area contributed by atoms with E-state index in [1.165, 1.54) is 25.0 Å². The Balaban J connectivity index is 1.62. The Bertz CT molecular complexity index is 374. The van der Waals surface area contributed by atoms with Crippen LogP contribution in [0, 0.1) is 11.7 Å². The van der Waals surface area contributed by atoms with Gasteiger partial charge in [0, 0.05) is 6.54 Å². The Labute approximate surface area is 100 Å². The van der Waals surface area contributed by atoms with Gasteiger partial charge in [-0.1, -0.05) is 12.1 Å². The third-order valence-electron chi connectivity index (χ3n) is 2.82. The molecule has 0 aliphatic heterocycles. The molecule has 1 aromatic carbocycles. The summed E-state index contributed by atoms with van der Waals surface area (Å²) in [4.78, 5) is 11.4. The second-order valence-electron chi connectivity index (χ2n) is 4.48. The Hall–Kier alpha value is -1.42. The summed E-state index contributed by atoms with van der Waals surface area (Å²) in [6, 6.07) is 6.14. The second-order valence-corrected chi connectivity index (χ2v) is 4.48. The molecule has 92 valence electrons. The minimum absolute atomic E-state index is 0.0185. The van der Waals surface area contributed by atoms with Gasteiger partial charge >= 0.3 is 0 Å². The van der Waals surface area contributed by atoms with E-state index >= 15 is 0 Å². The fourth-order valence-corrected chi connectivity index (χ4v) is 1.58. The smallest absolute Gasteiger partial charge is 0.234 e. The zero-order valence-electron chi connectivity index (χ0n) is 9.71. The minimum Gasteiger partial charge on any atom is -0.351 e. The molecule has 1 aliphatic carbocycles. The number of halogens is 1. The Morgan fingerprint density at radius 2 is 2.00 bits per heavy atom. The topological polar surface area (TPSA) is 41.1 Å². The highest BCUT2D eigenvalue weighted by molar-refractivity contribution is 5.77. The summed E-state index contributed by atoms with van der Waals surface area (Å²) in [5.41, 5.74) is 0.905. The molecule has 4 heteroatoms. The largest absolute Gasteiger partial charge is 0.351 e. The summed E-state index contributed by atoms with van der Waals surface area (Å²) < 4.78 is 12.6. The molecule has 0 radical (unpaired) electrons. The van der Waals surface area contributed by atoms with Crippen LogP contribution in [0.3, 0.4) is 0 Å². The van der Waals surface area contributed by atoms with Crippen LogP contribution in [-0.4, -0.2) is 19.0 Å². The van der Waals surface area contributed by atoms with Crippen LogP contribution in [0.2, 0.25) is 0 Å². The molecule has 1 fully saturated rings. The molecule has 2 rings (SSSR count). The summed E-state index contributed by atoms with van der Waals surface area (Å²) in [6.07, 6.45) is 2.56. The molecular weight excluding hydrogens is 219 g/mol. The van der Waals surface area contributed by atoms with E-state index in [2.05, 4.69) is 10.6 Å². The number of nitrogens with one attached hydrogen (secondary N) is 2. The van der Waals surface area contributed by atoms with Crippen molar-refractivity contribution in [3.63, 3.8) is 0 Å². The number of rotatable bonds is 6. The molecule has 1 aromatic rings. The van der Waals surface area contributed by atoms with Crippen molar-refractivity contribution >= 4 is 5.91 Å². The summed E-state index contributed by atoms with van der Waals surface area (Å²) >= 11 is 0. The van der Waals surface area contributed by atoms with Crippen LogP contribution in [0.15, 0.2) is 24.3 Å². The first kappa shape index (κ1) is 12.0. The quantitative estimate of drug-likeness (QED) is 0.784. The van der Waals surface area contributed by atoms with Crippen molar-refractivity contribution in [3.05, 3.63) is 35.6 Å². The van der Waals surface area contributed by atoms with Crippen LogP contribution in [0.5, 0.6) is 0 Å². The molecule has 0 atom stereocenters. The fourth-order valence-electron chi connectivity index (χ4n) is 1.58. The molecule has 0 aromatic heterocycles. The van der Waals surface area contributed by atoms with Crippen LogP contribution in [-0.2, 0) is 11.3 Å². The second kappa shape index (κ2) is 5.77. The minimum atomic E-state index is -0.258. The van der Waals surface area contributed by atoms with E-state index in [-0.39, 0.29) is 11.7 Å². The van der Waals surface area contributed by atoms with Gasteiger partial charge in [0.15, 0.2) is 0 Å². The Morgan fingerprint density at radius 3 is 2.65 bits per heavy atom. The lowest BCUT2D eigenvalue weighted by atomic mass is 10.2. The van der Waals surface area contributed by atoms with Crippen LogP contribution >= 0.6 is 0 Å². The molecule has 0 heterocycles. The first-order chi connectivity index (χ1) is 8.24. The number of amides is 1. The molecule has 2 N–H and O–H groups in total. The maximum absolute atomic E-state index is 12.6. The van der Waals surface area contributed by atoms with Gasteiger partial charge in [0.05, 0.1) is 6.54 Å². The van der Waals surface area contributed by atoms with Gasteiger partial charge in [-0.2, -0.15) is 0 Å². The van der Waals surface area contributed by atoms with E-state index in [4.69, 9.17) is 0 Å². The van der Waals surface area contributed by atoms with E-state index in [0.717, 1.165) is 18.0 Å². The summed E-state index contributed by atoms with van der Waals surface area (Å²) in [5.74, 6) is 0.501. The zero-order valence-corrected chi connectivity index (χ0v) is 9.71. The number of benzene rings is 1. The predicted molar refractivity (Wildman–Crippen MR) is 63.8 cm³/mol. The molecule has 1 saturated carbocycles. The maximum Gasteiger partial charge on any atom is 0.234 e. The molecular formula is C13H17FN2O. The average molecular weight is 236 g/mol. The third-order valence-corrected chi connectivity index (χ3v) is 2.82. The monoisotopic (exact) mass is 236 g/mol. The van der Waals surface area contributed by atoms with Crippen LogP contribution < -0.4 is 10.6 Å². The van der Waals surface area contributed by atoms with Gasteiger partial charge in [0.2, 0.25) is 5.91 Å². The van der Waals surface area contributed by atoms with E-state index in [0.29, 0.717) is 13.1 Å². The standard InChI is InChI=1S/C13H17FN2O/c14-12-5-3-11(4-6-12)8-16-13(17)9-15-7-10-1-2-10/h3-6,10,15H,1-2,7-9H2,(H,16,17). The summed E-state index contributed by atoms with van der Waals surface area (Å²) in [5, 5.41) is 5.91. The van der Waals surface area contributed by atoms with Gasteiger partial charge in [-0.15, -0.1) is 0 Å². The van der Waals surface area contributed by atoms with Crippen LogP contribution in [0.1, 0.15) is 18.4 Å². The third kappa shape index (κ3) is 4.53. The number of hydrogen-bond acceptors (Lipinski definition) is 2. The zero-order chi connectivity index (χ0) is 12.1. The van der Waals surface area contributed by atoms with Crippen molar-refractivity contribution in [2.24, 2.45) is 5.92 Å². The van der Waals surface area contributed by atoms with E-state index in [9.17, 15) is 9.18 Å². The van der Waals surface area contributed by atoms with Gasteiger partial charge in [0.1, 0.15) is 5.82 Å². The fraction of sp³-hybridized carbons (Fsp3) is 0.462. The lowest BCUT2D eigenvalue weighted by Gasteiger charge is -2.06. The first-order valence-electron chi connectivity index (χ1n) is 5.96. The number of carbonyl (C=O) groups is 1. The van der Waals surface area contributed by atoms with Crippen molar-refractivity contribution in [2.45, 2.75) is 19.4 Å². The molecule has 0 spiro atoms. The Morgan fingerprint density at radius 1 is 1.29 bits per heavy atom. The lowest BCUT2D eigenvalue weighted by Crippen LogP contribution is -2.34. The van der Waals surface area contributed by atoms with Gasteiger partial charge < -0.3 is 10.6 Å². The van der Waals surface area contributed by atoms with E-state index < -0.39 is 0 Å². The van der Waals surface area contributed by atoms with Crippen molar-refractivity contribution < 1.29 is 9.18 Å². The molecule has 0 unspecified atom stereocenters. The average Bonchev–Trinajstić information content (AvgIpc) is 3.12.